The van der Waals surface area contributed by atoms with E-state index >= 15 is 0 Å². The third-order valence-corrected chi connectivity index (χ3v) is 3.05. The Hall–Kier alpha value is -1.28. The first kappa shape index (κ1) is 9.28. The monoisotopic (exact) mass is 189 g/mol. The molecule has 0 saturated carbocycles. The van der Waals surface area contributed by atoms with Crippen LogP contribution in [0.5, 0.6) is 0 Å². The van der Waals surface area contributed by atoms with Gasteiger partial charge in [-0.1, -0.05) is 6.07 Å². The van der Waals surface area contributed by atoms with E-state index in [1.165, 1.54) is 22.2 Å². The van der Waals surface area contributed by atoms with Crippen LogP contribution in [0.3, 0.4) is 0 Å². The van der Waals surface area contributed by atoms with Gasteiger partial charge in [-0.25, -0.2) is 0 Å². The molecule has 0 spiro atoms. The van der Waals surface area contributed by atoms with Crippen LogP contribution in [0.4, 0.5) is 0 Å². The molecular weight excluding hydrogens is 174 g/mol. The van der Waals surface area contributed by atoms with Crippen LogP contribution in [0.25, 0.3) is 10.9 Å². The molecular formula is C12H15NO. The number of aliphatic hydroxyl groups is 1. The summed E-state index contributed by atoms with van der Waals surface area (Å²) in [5.41, 5.74) is 4.80. The highest BCUT2D eigenvalue weighted by Gasteiger charge is 2.07. The van der Waals surface area contributed by atoms with Gasteiger partial charge < -0.3 is 9.67 Å². The summed E-state index contributed by atoms with van der Waals surface area (Å²) in [6.07, 6.45) is 0. The first-order chi connectivity index (χ1) is 6.65. The van der Waals surface area contributed by atoms with Gasteiger partial charge >= 0.3 is 0 Å². The third kappa shape index (κ3) is 1.15. The summed E-state index contributed by atoms with van der Waals surface area (Å²) in [5, 5.41) is 10.3. The summed E-state index contributed by atoms with van der Waals surface area (Å²) in [4.78, 5) is 0. The van der Waals surface area contributed by atoms with Crippen molar-refractivity contribution in [2.75, 3.05) is 0 Å². The van der Waals surface area contributed by atoms with Crippen molar-refractivity contribution in [1.82, 2.24) is 4.57 Å². The topological polar surface area (TPSA) is 25.2 Å². The van der Waals surface area contributed by atoms with E-state index in [2.05, 4.69) is 37.6 Å². The molecule has 0 amide bonds. The maximum absolute atomic E-state index is 9.06. The van der Waals surface area contributed by atoms with Crippen molar-refractivity contribution in [3.63, 3.8) is 0 Å². The Morgan fingerprint density at radius 1 is 1.29 bits per heavy atom. The second-order valence-electron chi connectivity index (χ2n) is 3.78. The lowest BCUT2D eigenvalue weighted by Crippen LogP contribution is -1.90. The zero-order valence-electron chi connectivity index (χ0n) is 8.83. The maximum Gasteiger partial charge on any atom is 0.0682 e. The first-order valence-electron chi connectivity index (χ1n) is 4.80. The minimum absolute atomic E-state index is 0.114. The van der Waals surface area contributed by atoms with E-state index in [9.17, 15) is 0 Å². The molecule has 2 nitrogen and oxygen atoms in total. The fraction of sp³-hybridized carbons (Fsp3) is 0.333. The molecule has 0 fully saturated rings. The number of aryl methyl sites for hydroxylation is 2. The van der Waals surface area contributed by atoms with Crippen LogP contribution in [0.15, 0.2) is 18.2 Å². The molecule has 1 N–H and O–H groups in total. The smallest absolute Gasteiger partial charge is 0.0682 e. The molecule has 2 heteroatoms. The number of fused-ring (bicyclic) bond motifs is 1. The number of rotatable bonds is 1. The van der Waals surface area contributed by atoms with Gasteiger partial charge in [0.2, 0.25) is 0 Å². The zero-order valence-corrected chi connectivity index (χ0v) is 8.83. The Morgan fingerprint density at radius 2 is 2.00 bits per heavy atom. The van der Waals surface area contributed by atoms with Crippen molar-refractivity contribution >= 4 is 10.9 Å². The lowest BCUT2D eigenvalue weighted by atomic mass is 10.1. The molecule has 14 heavy (non-hydrogen) atoms. The summed E-state index contributed by atoms with van der Waals surface area (Å²) in [6.45, 7) is 4.36. The SMILES string of the molecule is Cc1c(C)n(C)c2ccc(CO)cc12. The summed E-state index contributed by atoms with van der Waals surface area (Å²) < 4.78 is 2.19. The van der Waals surface area contributed by atoms with Crippen molar-refractivity contribution in [1.29, 1.82) is 0 Å². The summed E-state index contributed by atoms with van der Waals surface area (Å²) in [7, 11) is 2.07. The summed E-state index contributed by atoms with van der Waals surface area (Å²) in [6, 6.07) is 6.11. The molecule has 0 aliphatic carbocycles. The molecule has 0 bridgehead atoms. The molecule has 2 rings (SSSR count). The fourth-order valence-electron chi connectivity index (χ4n) is 1.90. The average Bonchev–Trinajstić information content (AvgIpc) is 2.44. The van der Waals surface area contributed by atoms with Gasteiger partial charge in [0.25, 0.3) is 0 Å². The molecule has 1 aromatic heterocycles. The second-order valence-corrected chi connectivity index (χ2v) is 3.78. The van der Waals surface area contributed by atoms with Crippen molar-refractivity contribution in [2.45, 2.75) is 20.5 Å². The molecule has 0 unspecified atom stereocenters. The van der Waals surface area contributed by atoms with Crippen LogP contribution in [-0.4, -0.2) is 9.67 Å². The third-order valence-electron chi connectivity index (χ3n) is 3.05. The predicted molar refractivity (Wildman–Crippen MR) is 58.3 cm³/mol. The first-order valence-corrected chi connectivity index (χ1v) is 4.80. The summed E-state index contributed by atoms with van der Waals surface area (Å²) in [5.74, 6) is 0. The number of hydrogen-bond donors (Lipinski definition) is 1. The highest BCUT2D eigenvalue weighted by atomic mass is 16.3. The molecule has 0 atom stereocenters. The van der Waals surface area contributed by atoms with Crippen LogP contribution in [0.1, 0.15) is 16.8 Å². The molecule has 1 heterocycles. The second kappa shape index (κ2) is 3.14. The Labute approximate surface area is 83.8 Å². The minimum Gasteiger partial charge on any atom is -0.392 e. The van der Waals surface area contributed by atoms with Gasteiger partial charge in [-0.2, -0.15) is 0 Å². The quantitative estimate of drug-likeness (QED) is 0.731. The van der Waals surface area contributed by atoms with E-state index < -0.39 is 0 Å². The number of aliphatic hydroxyl groups excluding tert-OH is 1. The maximum atomic E-state index is 9.06. The van der Waals surface area contributed by atoms with E-state index in [4.69, 9.17) is 5.11 Å². The highest BCUT2D eigenvalue weighted by Crippen LogP contribution is 2.24. The predicted octanol–water partition coefficient (Wildman–Crippen LogP) is 2.29. The lowest BCUT2D eigenvalue weighted by Gasteiger charge is -1.99. The van der Waals surface area contributed by atoms with Gasteiger partial charge in [-0.05, 0) is 37.1 Å². The van der Waals surface area contributed by atoms with Crippen LogP contribution >= 0.6 is 0 Å². The zero-order chi connectivity index (χ0) is 10.3. The lowest BCUT2D eigenvalue weighted by molar-refractivity contribution is 0.282. The molecule has 0 aliphatic heterocycles. The Bertz CT molecular complexity index is 483. The van der Waals surface area contributed by atoms with Crippen LogP contribution in [0.2, 0.25) is 0 Å². The van der Waals surface area contributed by atoms with Gasteiger partial charge in [0, 0.05) is 23.6 Å². The van der Waals surface area contributed by atoms with E-state index in [0.717, 1.165) is 5.56 Å². The van der Waals surface area contributed by atoms with Gasteiger partial charge in [0.15, 0.2) is 0 Å². The highest BCUT2D eigenvalue weighted by molar-refractivity contribution is 5.85. The van der Waals surface area contributed by atoms with E-state index in [1.54, 1.807) is 0 Å². The fourth-order valence-corrected chi connectivity index (χ4v) is 1.90. The Kier molecular flexibility index (Phi) is 2.08. The van der Waals surface area contributed by atoms with Crippen LogP contribution in [-0.2, 0) is 13.7 Å². The van der Waals surface area contributed by atoms with Crippen molar-refractivity contribution < 1.29 is 5.11 Å². The van der Waals surface area contributed by atoms with Gasteiger partial charge in [-0.3, -0.25) is 0 Å². The van der Waals surface area contributed by atoms with Crippen molar-refractivity contribution in [2.24, 2.45) is 7.05 Å². The normalized spacial score (nSPS) is 11.1. The molecule has 0 radical (unpaired) electrons. The van der Waals surface area contributed by atoms with Gasteiger partial charge in [-0.15, -0.1) is 0 Å². The van der Waals surface area contributed by atoms with E-state index in [0.29, 0.717) is 0 Å². The molecule has 2 aromatic rings. The molecule has 0 aliphatic rings. The van der Waals surface area contributed by atoms with E-state index in [1.807, 2.05) is 6.07 Å². The molecule has 0 saturated heterocycles. The largest absolute Gasteiger partial charge is 0.392 e. The van der Waals surface area contributed by atoms with Crippen LogP contribution in [0, 0.1) is 13.8 Å². The number of hydrogen-bond acceptors (Lipinski definition) is 1. The van der Waals surface area contributed by atoms with Crippen LogP contribution < -0.4 is 0 Å². The van der Waals surface area contributed by atoms with Gasteiger partial charge in [0.1, 0.15) is 0 Å². The Balaban J connectivity index is 2.82. The van der Waals surface area contributed by atoms with Crippen molar-refractivity contribution in [3.8, 4) is 0 Å². The standard InChI is InChI=1S/C12H15NO/c1-8-9(2)13(3)12-5-4-10(7-14)6-11(8)12/h4-6,14H,7H2,1-3H3. The number of nitrogens with zero attached hydrogens (tertiary/aromatic N) is 1. The van der Waals surface area contributed by atoms with Gasteiger partial charge in [0.05, 0.1) is 6.61 Å². The summed E-state index contributed by atoms with van der Waals surface area (Å²) >= 11 is 0. The van der Waals surface area contributed by atoms with E-state index in [-0.39, 0.29) is 6.61 Å². The average molecular weight is 189 g/mol. The van der Waals surface area contributed by atoms with Crippen molar-refractivity contribution in [3.05, 3.63) is 35.0 Å². The minimum atomic E-state index is 0.114. The number of benzene rings is 1. The molecule has 1 aromatic carbocycles. The number of aromatic nitrogens is 1. The molecule has 74 valence electrons. The Morgan fingerprint density at radius 3 is 2.64 bits per heavy atom.